The van der Waals surface area contributed by atoms with Crippen LogP contribution in [0.3, 0.4) is 0 Å². The minimum Gasteiger partial charge on any atom is -0.619 e. The summed E-state index contributed by atoms with van der Waals surface area (Å²) in [5, 5.41) is 25.6. The zero-order chi connectivity index (χ0) is 14.3. The molecule has 2 bridgehead atoms. The van der Waals surface area contributed by atoms with E-state index in [1.54, 1.807) is 0 Å². The molecule has 0 saturated carbocycles. The number of fused-ring (bicyclic) bond motifs is 2. The number of rotatable bonds is 3. The Balaban J connectivity index is 1.78. The van der Waals surface area contributed by atoms with Crippen LogP contribution in [0.2, 0.25) is 0 Å². The number of nitrogens with zero attached hydrogens (tertiary/aromatic N) is 3. The minimum absolute atomic E-state index is 0.0385. The van der Waals surface area contributed by atoms with Crippen molar-refractivity contribution in [2.45, 2.75) is 43.8 Å². The van der Waals surface area contributed by atoms with E-state index < -0.39 is 4.92 Å². The Kier molecular flexibility index (Phi) is 3.21. The Morgan fingerprint density at radius 2 is 2.05 bits per heavy atom. The van der Waals surface area contributed by atoms with E-state index in [0.717, 1.165) is 19.0 Å². The van der Waals surface area contributed by atoms with Crippen LogP contribution in [-0.2, 0) is 0 Å². The molecule has 20 heavy (non-hydrogen) atoms. The van der Waals surface area contributed by atoms with Crippen LogP contribution in [0.25, 0.3) is 0 Å². The number of anilines is 1. The van der Waals surface area contributed by atoms with Gasteiger partial charge in [0.2, 0.25) is 6.20 Å². The van der Waals surface area contributed by atoms with Crippen molar-refractivity contribution in [1.29, 1.82) is 0 Å². The van der Waals surface area contributed by atoms with Crippen molar-refractivity contribution in [3.63, 3.8) is 0 Å². The van der Waals surface area contributed by atoms with Crippen LogP contribution in [0.15, 0.2) is 18.5 Å². The number of nitro groups is 1. The molecule has 1 aromatic rings. The van der Waals surface area contributed by atoms with E-state index in [1.807, 2.05) is 0 Å². The average molecular weight is 278 g/mol. The van der Waals surface area contributed by atoms with Gasteiger partial charge in [0.15, 0.2) is 11.9 Å². The van der Waals surface area contributed by atoms with Gasteiger partial charge in [0.05, 0.1) is 11.0 Å². The molecule has 2 saturated heterocycles. The highest BCUT2D eigenvalue weighted by atomic mass is 16.6. The van der Waals surface area contributed by atoms with E-state index in [2.05, 4.69) is 17.3 Å². The molecule has 0 amide bonds. The maximum atomic E-state index is 11.3. The molecular formula is C13H18N4O3. The fraction of sp³-hybridized carbons (Fsp3) is 0.615. The summed E-state index contributed by atoms with van der Waals surface area (Å²) in [5.41, 5.74) is 0.282. The molecule has 3 heterocycles. The number of nitrogens with one attached hydrogen (secondary N) is 1. The molecule has 0 aliphatic carbocycles. The van der Waals surface area contributed by atoms with Gasteiger partial charge in [0, 0.05) is 18.1 Å². The molecule has 3 rings (SSSR count). The van der Waals surface area contributed by atoms with Crippen LogP contribution in [0, 0.1) is 15.3 Å². The first-order valence-corrected chi connectivity index (χ1v) is 6.90. The highest BCUT2D eigenvalue weighted by Gasteiger charge is 2.39. The van der Waals surface area contributed by atoms with Crippen molar-refractivity contribution in [3.05, 3.63) is 33.8 Å². The van der Waals surface area contributed by atoms with Crippen molar-refractivity contribution < 1.29 is 9.65 Å². The van der Waals surface area contributed by atoms with Crippen molar-refractivity contribution in [1.82, 2.24) is 4.90 Å². The van der Waals surface area contributed by atoms with Crippen molar-refractivity contribution in [3.8, 4) is 0 Å². The minimum atomic E-state index is -0.452. The highest BCUT2D eigenvalue weighted by molar-refractivity contribution is 5.59. The lowest BCUT2D eigenvalue weighted by Gasteiger charge is -2.36. The van der Waals surface area contributed by atoms with Crippen LogP contribution in [0.1, 0.15) is 25.7 Å². The van der Waals surface area contributed by atoms with Crippen LogP contribution in [0.4, 0.5) is 11.4 Å². The predicted molar refractivity (Wildman–Crippen MR) is 73.3 cm³/mol. The summed E-state index contributed by atoms with van der Waals surface area (Å²) in [6.45, 7) is 0. The number of aromatic nitrogens is 1. The van der Waals surface area contributed by atoms with Gasteiger partial charge in [-0.2, -0.15) is 4.73 Å². The monoisotopic (exact) mass is 278 g/mol. The third-order valence-electron chi connectivity index (χ3n) is 4.57. The lowest BCUT2D eigenvalue weighted by atomic mass is 9.98. The van der Waals surface area contributed by atoms with Gasteiger partial charge in [-0.05, 0) is 32.7 Å². The second-order valence-electron chi connectivity index (χ2n) is 5.72. The summed E-state index contributed by atoms with van der Waals surface area (Å²) >= 11 is 0. The smallest absolute Gasteiger partial charge is 0.304 e. The Hall–Kier alpha value is -1.89. The Morgan fingerprint density at radius 1 is 1.40 bits per heavy atom. The second kappa shape index (κ2) is 4.90. The molecule has 2 aliphatic rings. The topological polar surface area (TPSA) is 85.3 Å². The van der Waals surface area contributed by atoms with Crippen LogP contribution in [-0.4, -0.2) is 35.0 Å². The van der Waals surface area contributed by atoms with E-state index >= 15 is 0 Å². The highest BCUT2D eigenvalue weighted by Crippen LogP contribution is 2.36. The average Bonchev–Trinajstić information content (AvgIpc) is 2.62. The normalized spacial score (nSPS) is 29.4. The van der Waals surface area contributed by atoms with Gasteiger partial charge in [0.25, 0.3) is 0 Å². The largest absolute Gasteiger partial charge is 0.619 e. The number of pyridine rings is 1. The first-order chi connectivity index (χ1) is 9.54. The van der Waals surface area contributed by atoms with Gasteiger partial charge in [0.1, 0.15) is 0 Å². The van der Waals surface area contributed by atoms with Gasteiger partial charge in [-0.25, -0.2) is 0 Å². The van der Waals surface area contributed by atoms with Crippen molar-refractivity contribution >= 4 is 11.4 Å². The number of hydrogen-bond donors (Lipinski definition) is 1. The third-order valence-corrected chi connectivity index (χ3v) is 4.57. The summed E-state index contributed by atoms with van der Waals surface area (Å²) < 4.78 is 0.596. The molecule has 0 aromatic carbocycles. The molecule has 0 spiro atoms. The summed E-state index contributed by atoms with van der Waals surface area (Å²) in [4.78, 5) is 13.0. The van der Waals surface area contributed by atoms with E-state index in [4.69, 9.17) is 0 Å². The Labute approximate surface area is 116 Å². The first kappa shape index (κ1) is 13.1. The van der Waals surface area contributed by atoms with Crippen molar-refractivity contribution in [2.75, 3.05) is 12.4 Å². The van der Waals surface area contributed by atoms with Gasteiger partial charge < -0.3 is 15.4 Å². The fourth-order valence-corrected chi connectivity index (χ4v) is 3.49. The summed E-state index contributed by atoms with van der Waals surface area (Å²) in [6.07, 6.45) is 6.73. The van der Waals surface area contributed by atoms with Gasteiger partial charge in [-0.1, -0.05) is 0 Å². The van der Waals surface area contributed by atoms with Gasteiger partial charge >= 0.3 is 5.69 Å². The lowest BCUT2D eigenvalue weighted by Crippen LogP contribution is -2.44. The third kappa shape index (κ3) is 2.29. The molecule has 108 valence electrons. The molecule has 1 N–H and O–H groups in total. The Morgan fingerprint density at radius 3 is 2.65 bits per heavy atom. The summed E-state index contributed by atoms with van der Waals surface area (Å²) in [5.74, 6) is 0. The Bertz CT molecular complexity index is 522. The standard InChI is InChI=1S/C13H18N4O3/c1-15-10-2-3-11(15)7-9(6-10)14-12-8-16(18)5-4-13(12)17(19)20/h4-5,8-11,14H,2-3,6-7H2,1H3/t9?,10-,11+. The lowest BCUT2D eigenvalue weighted by molar-refractivity contribution is -0.605. The molecule has 7 heteroatoms. The van der Waals surface area contributed by atoms with E-state index in [-0.39, 0.29) is 11.7 Å². The van der Waals surface area contributed by atoms with Crippen LogP contribution >= 0.6 is 0 Å². The molecular weight excluding hydrogens is 260 g/mol. The molecule has 0 radical (unpaired) electrons. The molecule has 7 nitrogen and oxygen atoms in total. The SMILES string of the molecule is CN1[C@@H]2CC[C@H]1CC(Nc1c[n+]([O-])ccc1[N+](=O)[O-])C2. The van der Waals surface area contributed by atoms with Gasteiger partial charge in [-0.3, -0.25) is 10.1 Å². The van der Waals surface area contributed by atoms with Crippen LogP contribution in [0.5, 0.6) is 0 Å². The molecule has 2 aliphatic heterocycles. The molecule has 3 atom stereocenters. The molecule has 2 fully saturated rings. The van der Waals surface area contributed by atoms with Gasteiger partial charge in [-0.15, -0.1) is 0 Å². The maximum absolute atomic E-state index is 11.3. The predicted octanol–water partition coefficient (Wildman–Crippen LogP) is 1.27. The number of piperidine rings is 1. The van der Waals surface area contributed by atoms with Crippen LogP contribution < -0.4 is 10.0 Å². The quantitative estimate of drug-likeness (QED) is 0.389. The van der Waals surface area contributed by atoms with E-state index in [9.17, 15) is 15.3 Å². The fourth-order valence-electron chi connectivity index (χ4n) is 3.49. The number of hydrogen-bond acceptors (Lipinski definition) is 5. The zero-order valence-electron chi connectivity index (χ0n) is 11.4. The molecule has 1 aromatic heterocycles. The second-order valence-corrected chi connectivity index (χ2v) is 5.72. The van der Waals surface area contributed by atoms with E-state index in [0.29, 0.717) is 22.5 Å². The summed E-state index contributed by atoms with van der Waals surface area (Å²) in [7, 11) is 2.15. The molecule has 1 unspecified atom stereocenters. The zero-order valence-corrected chi connectivity index (χ0v) is 11.4. The summed E-state index contributed by atoms with van der Waals surface area (Å²) in [6, 6.07) is 2.55. The van der Waals surface area contributed by atoms with Crippen molar-refractivity contribution in [2.24, 2.45) is 0 Å². The van der Waals surface area contributed by atoms with E-state index in [1.165, 1.54) is 25.1 Å². The first-order valence-electron chi connectivity index (χ1n) is 6.90. The maximum Gasteiger partial charge on any atom is 0.304 e.